The number of ether oxygens (including phenoxy) is 3. The number of carbonyl (C=O) groups excluding carboxylic acids is 2. The molecule has 1 atom stereocenters. The molecule has 0 bridgehead atoms. The molecule has 3 aromatic carbocycles. The van der Waals surface area contributed by atoms with Gasteiger partial charge in [0, 0.05) is 31.0 Å². The van der Waals surface area contributed by atoms with Crippen molar-refractivity contribution in [1.82, 2.24) is 0 Å². The Kier molecular flexibility index (Phi) is 6.59. The van der Waals surface area contributed by atoms with Crippen LogP contribution in [0.4, 0.5) is 11.4 Å². The average Bonchev–Trinajstić information content (AvgIpc) is 3.19. The third kappa shape index (κ3) is 4.36. The Bertz CT molecular complexity index is 1430. The standard InChI is InChI=1S/C29H28N2O7/c1-4-36-23-15-17(5-11-21(23)32)26-25(27(33)18-6-12-22-24(16-18)38-14-13-37-22)28(34)29(35)31(26)20-9-7-19(8-10-20)30(2)3/h5-12,15-16,26,32-33H,4,13-14H2,1-3H3/b27-25+. The third-order valence-corrected chi connectivity index (χ3v) is 6.50. The molecule has 9 heteroatoms. The molecule has 1 fully saturated rings. The number of nitrogens with zero attached hydrogens (tertiary/aromatic N) is 2. The lowest BCUT2D eigenvalue weighted by Gasteiger charge is -2.26. The molecule has 38 heavy (non-hydrogen) atoms. The lowest BCUT2D eigenvalue weighted by atomic mass is 9.94. The maximum absolute atomic E-state index is 13.5. The number of carbonyl (C=O) groups is 2. The number of aliphatic hydroxyl groups is 1. The second kappa shape index (κ2) is 10.0. The minimum Gasteiger partial charge on any atom is -0.507 e. The number of anilines is 2. The fraction of sp³-hybridized carbons (Fsp3) is 0.241. The van der Waals surface area contributed by atoms with Gasteiger partial charge in [-0.25, -0.2) is 0 Å². The Morgan fingerprint density at radius 1 is 1.00 bits per heavy atom. The number of aliphatic hydroxyl groups excluding tert-OH is 1. The first kappa shape index (κ1) is 25.0. The molecule has 0 saturated carbocycles. The van der Waals surface area contributed by atoms with Crippen LogP contribution in [0, 0.1) is 0 Å². The number of amides is 1. The molecule has 1 saturated heterocycles. The number of aromatic hydroxyl groups is 1. The summed E-state index contributed by atoms with van der Waals surface area (Å²) in [5, 5.41) is 21.7. The summed E-state index contributed by atoms with van der Waals surface area (Å²) in [6, 6.07) is 15.7. The van der Waals surface area contributed by atoms with Crippen molar-refractivity contribution in [3.8, 4) is 23.0 Å². The topological polar surface area (TPSA) is 109 Å². The van der Waals surface area contributed by atoms with Gasteiger partial charge in [-0.05, 0) is 67.1 Å². The zero-order valence-corrected chi connectivity index (χ0v) is 21.3. The SMILES string of the molecule is CCOc1cc(C2/C(=C(\O)c3ccc4c(c3)OCCO4)C(=O)C(=O)N2c2ccc(N(C)C)cc2)ccc1O. The smallest absolute Gasteiger partial charge is 0.300 e. The molecule has 0 spiro atoms. The Hall–Kier alpha value is -4.66. The van der Waals surface area contributed by atoms with Gasteiger partial charge in [0.1, 0.15) is 19.0 Å². The van der Waals surface area contributed by atoms with Crippen molar-refractivity contribution >= 4 is 28.8 Å². The molecule has 5 rings (SSSR count). The molecule has 0 radical (unpaired) electrons. The second-order valence-corrected chi connectivity index (χ2v) is 9.10. The van der Waals surface area contributed by atoms with Crippen LogP contribution in [0.3, 0.4) is 0 Å². The fourth-order valence-electron chi connectivity index (χ4n) is 4.64. The van der Waals surface area contributed by atoms with E-state index in [-0.39, 0.29) is 22.8 Å². The largest absolute Gasteiger partial charge is 0.507 e. The lowest BCUT2D eigenvalue weighted by molar-refractivity contribution is -0.132. The Balaban J connectivity index is 1.69. The number of phenolic OH excluding ortho intramolecular Hbond substituents is 1. The number of phenols is 1. The molecule has 196 valence electrons. The molecule has 0 aromatic heterocycles. The van der Waals surface area contributed by atoms with Crippen LogP contribution < -0.4 is 24.0 Å². The quantitative estimate of drug-likeness (QED) is 0.284. The van der Waals surface area contributed by atoms with Crippen LogP contribution in [0.15, 0.2) is 66.2 Å². The molecule has 1 amide bonds. The number of hydrogen-bond acceptors (Lipinski definition) is 8. The molecular formula is C29H28N2O7. The molecule has 2 aliphatic rings. The first-order valence-corrected chi connectivity index (χ1v) is 12.2. The van der Waals surface area contributed by atoms with Crippen LogP contribution in [0.5, 0.6) is 23.0 Å². The summed E-state index contributed by atoms with van der Waals surface area (Å²) >= 11 is 0. The van der Waals surface area contributed by atoms with Crippen LogP contribution in [-0.2, 0) is 9.59 Å². The Morgan fingerprint density at radius 3 is 2.39 bits per heavy atom. The number of benzene rings is 3. The summed E-state index contributed by atoms with van der Waals surface area (Å²) in [7, 11) is 3.81. The van der Waals surface area contributed by atoms with E-state index >= 15 is 0 Å². The van der Waals surface area contributed by atoms with E-state index in [0.717, 1.165) is 5.69 Å². The van der Waals surface area contributed by atoms with Crippen LogP contribution >= 0.6 is 0 Å². The van der Waals surface area contributed by atoms with Crippen molar-refractivity contribution in [2.24, 2.45) is 0 Å². The molecule has 3 aromatic rings. The van der Waals surface area contributed by atoms with Gasteiger partial charge in [-0.1, -0.05) is 6.07 Å². The summed E-state index contributed by atoms with van der Waals surface area (Å²) in [5.74, 6) is -0.849. The highest BCUT2D eigenvalue weighted by molar-refractivity contribution is 6.51. The van der Waals surface area contributed by atoms with Gasteiger partial charge in [0.25, 0.3) is 11.7 Å². The van der Waals surface area contributed by atoms with Crippen molar-refractivity contribution in [3.63, 3.8) is 0 Å². The van der Waals surface area contributed by atoms with Crippen LogP contribution in [0.1, 0.15) is 24.1 Å². The van der Waals surface area contributed by atoms with Crippen molar-refractivity contribution in [2.45, 2.75) is 13.0 Å². The van der Waals surface area contributed by atoms with Gasteiger partial charge >= 0.3 is 0 Å². The summed E-state index contributed by atoms with van der Waals surface area (Å²) in [6.45, 7) is 2.87. The van der Waals surface area contributed by atoms with E-state index in [1.807, 2.05) is 31.1 Å². The van der Waals surface area contributed by atoms with E-state index in [0.29, 0.717) is 48.1 Å². The van der Waals surface area contributed by atoms with Gasteiger partial charge in [0.05, 0.1) is 18.2 Å². The zero-order valence-electron chi connectivity index (χ0n) is 21.3. The van der Waals surface area contributed by atoms with Gasteiger partial charge in [0.2, 0.25) is 0 Å². The van der Waals surface area contributed by atoms with Gasteiger partial charge in [0.15, 0.2) is 23.0 Å². The molecule has 0 aliphatic carbocycles. The van der Waals surface area contributed by atoms with E-state index in [9.17, 15) is 19.8 Å². The highest BCUT2D eigenvalue weighted by atomic mass is 16.6. The normalized spacial score (nSPS) is 18.0. The molecule has 1 unspecified atom stereocenters. The summed E-state index contributed by atoms with van der Waals surface area (Å²) in [6.07, 6.45) is 0. The number of Topliss-reactive ketones (excluding diaryl/α,β-unsaturated/α-hetero) is 1. The third-order valence-electron chi connectivity index (χ3n) is 6.50. The van der Waals surface area contributed by atoms with Gasteiger partial charge in [-0.15, -0.1) is 0 Å². The van der Waals surface area contributed by atoms with E-state index in [2.05, 4.69) is 0 Å². The molecule has 9 nitrogen and oxygen atoms in total. The van der Waals surface area contributed by atoms with E-state index < -0.39 is 17.7 Å². The number of rotatable bonds is 6. The second-order valence-electron chi connectivity index (χ2n) is 9.10. The number of hydrogen-bond donors (Lipinski definition) is 2. The minimum absolute atomic E-state index is 0.0743. The molecule has 2 heterocycles. The van der Waals surface area contributed by atoms with Gasteiger partial charge < -0.3 is 29.3 Å². The average molecular weight is 517 g/mol. The summed E-state index contributed by atoms with van der Waals surface area (Å²) in [5.41, 5.74) is 2.11. The summed E-state index contributed by atoms with van der Waals surface area (Å²) < 4.78 is 16.8. The highest BCUT2D eigenvalue weighted by Crippen LogP contribution is 2.45. The predicted octanol–water partition coefficient (Wildman–Crippen LogP) is 4.25. The maximum Gasteiger partial charge on any atom is 0.300 e. The van der Waals surface area contributed by atoms with Crippen molar-refractivity contribution in [2.75, 3.05) is 43.7 Å². The molecule has 2 N–H and O–H groups in total. The monoisotopic (exact) mass is 516 g/mol. The van der Waals surface area contributed by atoms with Crippen LogP contribution in [-0.4, -0.2) is 55.8 Å². The Labute approximate surface area is 220 Å². The van der Waals surface area contributed by atoms with Gasteiger partial charge in [-0.2, -0.15) is 0 Å². The summed E-state index contributed by atoms with van der Waals surface area (Å²) in [4.78, 5) is 30.2. The van der Waals surface area contributed by atoms with E-state index in [4.69, 9.17) is 14.2 Å². The van der Waals surface area contributed by atoms with E-state index in [1.165, 1.54) is 11.0 Å². The number of ketones is 1. The first-order valence-electron chi connectivity index (χ1n) is 12.2. The van der Waals surface area contributed by atoms with Crippen molar-refractivity contribution < 1.29 is 34.0 Å². The Morgan fingerprint density at radius 2 is 1.71 bits per heavy atom. The van der Waals surface area contributed by atoms with Crippen molar-refractivity contribution in [1.29, 1.82) is 0 Å². The minimum atomic E-state index is -0.979. The number of fused-ring (bicyclic) bond motifs is 1. The van der Waals surface area contributed by atoms with Crippen LogP contribution in [0.25, 0.3) is 5.76 Å². The van der Waals surface area contributed by atoms with Gasteiger partial charge in [-0.3, -0.25) is 14.5 Å². The van der Waals surface area contributed by atoms with Crippen LogP contribution in [0.2, 0.25) is 0 Å². The molecular weight excluding hydrogens is 488 g/mol. The molecule has 2 aliphatic heterocycles. The maximum atomic E-state index is 13.5. The zero-order chi connectivity index (χ0) is 27.0. The van der Waals surface area contributed by atoms with E-state index in [1.54, 1.807) is 49.4 Å². The first-order chi connectivity index (χ1) is 18.3. The predicted molar refractivity (Wildman–Crippen MR) is 142 cm³/mol. The fourth-order valence-corrected chi connectivity index (χ4v) is 4.64. The lowest BCUT2D eigenvalue weighted by Crippen LogP contribution is -2.29. The highest BCUT2D eigenvalue weighted by Gasteiger charge is 2.47. The van der Waals surface area contributed by atoms with Crippen molar-refractivity contribution in [3.05, 3.63) is 77.4 Å².